The van der Waals surface area contributed by atoms with Crippen LogP contribution in [0.4, 0.5) is 0 Å². The van der Waals surface area contributed by atoms with Gasteiger partial charge in [-0.15, -0.1) is 11.8 Å². The van der Waals surface area contributed by atoms with E-state index in [1.54, 1.807) is 18.7 Å². The molecule has 3 rings (SSSR count). The summed E-state index contributed by atoms with van der Waals surface area (Å²) in [6, 6.07) is 9.93. The fourth-order valence-electron chi connectivity index (χ4n) is 3.15. The van der Waals surface area contributed by atoms with Crippen molar-refractivity contribution in [2.24, 2.45) is 5.92 Å². The van der Waals surface area contributed by atoms with E-state index in [0.717, 1.165) is 4.90 Å². The molecule has 0 aromatic heterocycles. The average molecular weight is 350 g/mol. The Labute approximate surface area is 146 Å². The number of benzene rings is 1. The number of carbonyl (C=O) groups excluding carboxylic acids is 1. The van der Waals surface area contributed by atoms with Crippen LogP contribution in [0.15, 0.2) is 46.6 Å². The zero-order chi connectivity index (χ0) is 17.3. The van der Waals surface area contributed by atoms with Gasteiger partial charge in [0.2, 0.25) is 0 Å². The second kappa shape index (κ2) is 6.78. The fourth-order valence-corrected chi connectivity index (χ4v) is 4.23. The van der Waals surface area contributed by atoms with Gasteiger partial charge in [-0.1, -0.05) is 18.2 Å². The van der Waals surface area contributed by atoms with Crippen molar-refractivity contribution in [2.75, 3.05) is 12.4 Å². The van der Waals surface area contributed by atoms with Crippen LogP contribution in [-0.4, -0.2) is 41.4 Å². The highest BCUT2D eigenvalue weighted by Crippen LogP contribution is 2.46. The van der Waals surface area contributed by atoms with E-state index in [-0.39, 0.29) is 30.0 Å². The van der Waals surface area contributed by atoms with E-state index in [4.69, 9.17) is 14.2 Å². The summed E-state index contributed by atoms with van der Waals surface area (Å²) in [5.41, 5.74) is 0.283. The Morgan fingerprint density at radius 2 is 2.00 bits per heavy atom. The Kier molecular flexibility index (Phi) is 4.90. The number of fused-ring (bicyclic) bond motifs is 1. The highest BCUT2D eigenvalue weighted by Gasteiger charge is 2.55. The van der Waals surface area contributed by atoms with Crippen molar-refractivity contribution in [1.82, 2.24) is 0 Å². The number of aliphatic hydroxyl groups is 1. The van der Waals surface area contributed by atoms with Crippen LogP contribution in [-0.2, 0) is 19.0 Å². The molecule has 2 aliphatic rings. The van der Waals surface area contributed by atoms with Gasteiger partial charge in [0, 0.05) is 16.6 Å². The minimum Gasteiger partial charge on any atom is -0.509 e. The molecule has 1 aliphatic heterocycles. The average Bonchev–Trinajstić information content (AvgIpc) is 2.98. The van der Waals surface area contributed by atoms with E-state index in [2.05, 4.69) is 0 Å². The van der Waals surface area contributed by atoms with E-state index in [1.165, 1.54) is 0 Å². The Morgan fingerprint density at radius 3 is 2.67 bits per heavy atom. The van der Waals surface area contributed by atoms with Crippen LogP contribution < -0.4 is 0 Å². The molecule has 6 heteroatoms. The van der Waals surface area contributed by atoms with E-state index < -0.39 is 17.9 Å². The Hall–Kier alpha value is -1.50. The maximum atomic E-state index is 12.3. The molecule has 0 saturated carbocycles. The van der Waals surface area contributed by atoms with Crippen LogP contribution in [0.2, 0.25) is 0 Å². The van der Waals surface area contributed by atoms with Gasteiger partial charge in [0.15, 0.2) is 5.79 Å². The number of rotatable bonds is 5. The van der Waals surface area contributed by atoms with Crippen LogP contribution in [0, 0.1) is 5.92 Å². The summed E-state index contributed by atoms with van der Waals surface area (Å²) < 4.78 is 16.9. The minimum absolute atomic E-state index is 0.0531. The van der Waals surface area contributed by atoms with Crippen molar-refractivity contribution >= 4 is 17.7 Å². The molecule has 1 saturated heterocycles. The molecule has 1 aromatic rings. The van der Waals surface area contributed by atoms with Gasteiger partial charge in [-0.25, -0.2) is 4.79 Å². The molecule has 0 unspecified atom stereocenters. The number of aliphatic hydroxyl groups excluding tert-OH is 1. The minimum atomic E-state index is -0.779. The third kappa shape index (κ3) is 3.31. The lowest BCUT2D eigenvalue weighted by Gasteiger charge is -2.23. The Morgan fingerprint density at radius 1 is 1.29 bits per heavy atom. The number of esters is 1. The molecule has 1 N–H and O–H groups in total. The maximum Gasteiger partial charge on any atom is 0.337 e. The van der Waals surface area contributed by atoms with Crippen LogP contribution >= 0.6 is 11.8 Å². The molecule has 24 heavy (non-hydrogen) atoms. The summed E-state index contributed by atoms with van der Waals surface area (Å²) in [7, 11) is 0. The van der Waals surface area contributed by atoms with Gasteiger partial charge in [0.25, 0.3) is 0 Å². The van der Waals surface area contributed by atoms with E-state index >= 15 is 0 Å². The molecule has 1 fully saturated rings. The van der Waals surface area contributed by atoms with Gasteiger partial charge in [-0.3, -0.25) is 0 Å². The summed E-state index contributed by atoms with van der Waals surface area (Å²) in [6.07, 6.45) is -0.989. The quantitative estimate of drug-likeness (QED) is 0.649. The lowest BCUT2D eigenvalue weighted by atomic mass is 10.0. The molecule has 0 radical (unpaired) electrons. The first-order valence-corrected chi connectivity index (χ1v) is 9.05. The van der Waals surface area contributed by atoms with Gasteiger partial charge >= 0.3 is 5.97 Å². The molecular weight excluding hydrogens is 328 g/mol. The number of hydrogen-bond donors (Lipinski definition) is 1. The van der Waals surface area contributed by atoms with Crippen molar-refractivity contribution in [1.29, 1.82) is 0 Å². The van der Waals surface area contributed by atoms with Crippen LogP contribution in [0.1, 0.15) is 20.8 Å². The number of carbonyl (C=O) groups is 1. The van der Waals surface area contributed by atoms with Crippen molar-refractivity contribution in [3.63, 3.8) is 0 Å². The van der Waals surface area contributed by atoms with E-state index in [0.29, 0.717) is 5.75 Å². The van der Waals surface area contributed by atoms with Gasteiger partial charge in [0.05, 0.1) is 12.2 Å². The molecule has 0 bridgehead atoms. The van der Waals surface area contributed by atoms with Crippen molar-refractivity contribution in [3.8, 4) is 0 Å². The zero-order valence-electron chi connectivity index (χ0n) is 14.0. The lowest BCUT2D eigenvalue weighted by molar-refractivity contribution is -0.154. The van der Waals surface area contributed by atoms with Crippen molar-refractivity contribution in [3.05, 3.63) is 41.7 Å². The zero-order valence-corrected chi connectivity index (χ0v) is 14.8. The number of thioether (sulfide) groups is 1. The first kappa shape index (κ1) is 17.3. The van der Waals surface area contributed by atoms with E-state index in [9.17, 15) is 9.90 Å². The third-order valence-electron chi connectivity index (χ3n) is 4.11. The van der Waals surface area contributed by atoms with Gasteiger partial charge < -0.3 is 19.3 Å². The summed E-state index contributed by atoms with van der Waals surface area (Å²) in [4.78, 5) is 13.4. The van der Waals surface area contributed by atoms with Gasteiger partial charge in [-0.05, 0) is 32.9 Å². The highest BCUT2D eigenvalue weighted by atomic mass is 32.2. The predicted octanol–water partition coefficient (Wildman–Crippen LogP) is 3.30. The normalized spacial score (nSPS) is 28.0. The Balaban J connectivity index is 1.83. The van der Waals surface area contributed by atoms with Crippen LogP contribution in [0.5, 0.6) is 0 Å². The number of hydrogen-bond acceptors (Lipinski definition) is 6. The van der Waals surface area contributed by atoms with Crippen LogP contribution in [0.25, 0.3) is 0 Å². The monoisotopic (exact) mass is 350 g/mol. The first-order chi connectivity index (χ1) is 11.4. The lowest BCUT2D eigenvalue weighted by Crippen LogP contribution is -2.30. The van der Waals surface area contributed by atoms with Gasteiger partial charge in [-0.2, -0.15) is 0 Å². The predicted molar refractivity (Wildman–Crippen MR) is 90.8 cm³/mol. The molecule has 1 aliphatic carbocycles. The van der Waals surface area contributed by atoms with Crippen molar-refractivity contribution in [2.45, 2.75) is 43.7 Å². The molecule has 3 atom stereocenters. The fraction of sp³-hybridized carbons (Fsp3) is 0.500. The standard InChI is InChI=1S/C18H22O5S/c1-4-21-17(20)13-12(10-24-11-8-6-5-7-9-11)15-16(14(13)19)23-18(2,3)22-15/h5-9,12,15-16,19H,4,10H2,1-3H3/t12-,15+,16-/m0/s1. The summed E-state index contributed by atoms with van der Waals surface area (Å²) in [5.74, 6) is -1.00. The topological polar surface area (TPSA) is 65.0 Å². The second-order valence-corrected chi connectivity index (χ2v) is 7.36. The van der Waals surface area contributed by atoms with Crippen molar-refractivity contribution < 1.29 is 24.1 Å². The molecule has 5 nitrogen and oxygen atoms in total. The molecule has 1 aromatic carbocycles. The largest absolute Gasteiger partial charge is 0.509 e. The summed E-state index contributed by atoms with van der Waals surface area (Å²) in [6.45, 7) is 5.62. The molecular formula is C18H22O5S. The third-order valence-corrected chi connectivity index (χ3v) is 5.24. The molecule has 1 heterocycles. The number of ether oxygens (including phenoxy) is 3. The van der Waals surface area contributed by atoms with Gasteiger partial charge in [0.1, 0.15) is 18.0 Å². The SMILES string of the molecule is CCOC(=O)C1=C(O)[C@@H]2OC(C)(C)O[C@@H]2[C@H]1CSc1ccccc1. The first-order valence-electron chi connectivity index (χ1n) is 8.06. The van der Waals surface area contributed by atoms with E-state index in [1.807, 2.05) is 44.2 Å². The summed E-state index contributed by atoms with van der Waals surface area (Å²) >= 11 is 1.62. The smallest absolute Gasteiger partial charge is 0.337 e. The van der Waals surface area contributed by atoms with Crippen LogP contribution in [0.3, 0.4) is 0 Å². The summed E-state index contributed by atoms with van der Waals surface area (Å²) in [5, 5.41) is 10.5. The maximum absolute atomic E-state index is 12.3. The highest BCUT2D eigenvalue weighted by molar-refractivity contribution is 7.99. The molecule has 0 amide bonds. The molecule has 0 spiro atoms. The Bertz CT molecular complexity index is 640. The molecule has 130 valence electrons. The second-order valence-electron chi connectivity index (χ2n) is 6.27.